The lowest BCUT2D eigenvalue weighted by Gasteiger charge is -2.11. The number of carbonyl (C=O) groups is 1. The number of H-pyrrole nitrogens is 1. The molecular weight excluding hydrogens is 298 g/mol. The molecule has 8 heteroatoms. The van der Waals surface area contributed by atoms with Crippen molar-refractivity contribution >= 4 is 17.4 Å². The fourth-order valence-corrected chi connectivity index (χ4v) is 2.18. The maximum atomic E-state index is 12.0. The standard InChI is InChI=1S/C15H15N5O3/c1-8(14(22)23)16-11-5-3-10(4-6-11)12-7-13(21)20-15(18-12)17-9(2)19-20/h3-8,16H,1-2H3,(H,22,23)(H,17,18,19). The Morgan fingerprint density at radius 3 is 2.65 bits per heavy atom. The predicted octanol–water partition coefficient (Wildman–Crippen LogP) is 1.28. The first kappa shape index (κ1) is 14.8. The van der Waals surface area contributed by atoms with E-state index in [0.29, 0.717) is 23.0 Å². The van der Waals surface area contributed by atoms with Crippen LogP contribution in [0.5, 0.6) is 0 Å². The zero-order chi connectivity index (χ0) is 16.6. The number of aryl methyl sites for hydroxylation is 1. The van der Waals surface area contributed by atoms with Crippen molar-refractivity contribution in [3.8, 4) is 11.3 Å². The SMILES string of the molecule is Cc1nc2nc(-c3ccc(NC(C)C(=O)O)cc3)cc(=O)n2[nH]1. The normalized spacial score (nSPS) is 12.3. The summed E-state index contributed by atoms with van der Waals surface area (Å²) in [7, 11) is 0. The smallest absolute Gasteiger partial charge is 0.325 e. The van der Waals surface area contributed by atoms with Crippen LogP contribution in [0.2, 0.25) is 0 Å². The van der Waals surface area contributed by atoms with E-state index in [0.717, 1.165) is 5.56 Å². The second-order valence-electron chi connectivity index (χ2n) is 5.21. The number of nitrogens with zero attached hydrogens (tertiary/aromatic N) is 3. The predicted molar refractivity (Wildman–Crippen MR) is 84.5 cm³/mol. The van der Waals surface area contributed by atoms with Crippen LogP contribution in [0, 0.1) is 6.92 Å². The molecule has 0 aliphatic carbocycles. The van der Waals surface area contributed by atoms with Crippen molar-refractivity contribution < 1.29 is 9.90 Å². The van der Waals surface area contributed by atoms with Crippen LogP contribution in [0.25, 0.3) is 17.0 Å². The zero-order valence-corrected chi connectivity index (χ0v) is 12.6. The van der Waals surface area contributed by atoms with Crippen molar-refractivity contribution in [2.45, 2.75) is 19.9 Å². The first-order valence-corrected chi connectivity index (χ1v) is 7.00. The molecule has 2 aromatic heterocycles. The van der Waals surface area contributed by atoms with E-state index in [2.05, 4.69) is 20.4 Å². The van der Waals surface area contributed by atoms with Gasteiger partial charge in [0.05, 0.1) is 5.69 Å². The van der Waals surface area contributed by atoms with Gasteiger partial charge in [-0.3, -0.25) is 14.7 Å². The Bertz CT molecular complexity index is 926. The van der Waals surface area contributed by atoms with E-state index in [-0.39, 0.29) is 5.56 Å². The maximum Gasteiger partial charge on any atom is 0.325 e. The highest BCUT2D eigenvalue weighted by Gasteiger charge is 2.11. The number of nitrogens with one attached hydrogen (secondary N) is 2. The highest BCUT2D eigenvalue weighted by atomic mass is 16.4. The van der Waals surface area contributed by atoms with Crippen molar-refractivity contribution in [3.05, 3.63) is 46.5 Å². The number of anilines is 1. The summed E-state index contributed by atoms with van der Waals surface area (Å²) in [6.45, 7) is 3.31. The Balaban J connectivity index is 1.93. The minimum atomic E-state index is -0.928. The molecule has 0 aliphatic heterocycles. The van der Waals surface area contributed by atoms with E-state index in [4.69, 9.17) is 5.11 Å². The highest BCUT2D eigenvalue weighted by molar-refractivity contribution is 5.77. The average Bonchev–Trinajstić information content (AvgIpc) is 2.89. The number of aromatic nitrogens is 4. The molecule has 0 bridgehead atoms. The van der Waals surface area contributed by atoms with E-state index in [1.165, 1.54) is 10.6 Å². The number of fused-ring (bicyclic) bond motifs is 1. The molecule has 8 nitrogen and oxygen atoms in total. The van der Waals surface area contributed by atoms with E-state index in [1.54, 1.807) is 38.1 Å². The van der Waals surface area contributed by atoms with Crippen molar-refractivity contribution in [3.63, 3.8) is 0 Å². The fraction of sp³-hybridized carbons (Fsp3) is 0.200. The van der Waals surface area contributed by atoms with Crippen molar-refractivity contribution in [1.29, 1.82) is 0 Å². The topological polar surface area (TPSA) is 112 Å². The van der Waals surface area contributed by atoms with Gasteiger partial charge >= 0.3 is 5.97 Å². The van der Waals surface area contributed by atoms with Crippen LogP contribution in [0.1, 0.15) is 12.7 Å². The van der Waals surface area contributed by atoms with Gasteiger partial charge in [0.25, 0.3) is 11.3 Å². The summed E-state index contributed by atoms with van der Waals surface area (Å²) in [5, 5.41) is 14.6. The van der Waals surface area contributed by atoms with Gasteiger partial charge < -0.3 is 10.4 Å². The molecule has 0 fully saturated rings. The van der Waals surface area contributed by atoms with E-state index >= 15 is 0 Å². The van der Waals surface area contributed by atoms with Crippen LogP contribution in [0.15, 0.2) is 35.1 Å². The molecule has 1 atom stereocenters. The number of aromatic amines is 1. The number of rotatable bonds is 4. The third kappa shape index (κ3) is 2.91. The molecule has 23 heavy (non-hydrogen) atoms. The van der Waals surface area contributed by atoms with Gasteiger partial charge in [0.15, 0.2) is 0 Å². The first-order valence-electron chi connectivity index (χ1n) is 7.00. The van der Waals surface area contributed by atoms with Crippen LogP contribution >= 0.6 is 0 Å². The summed E-state index contributed by atoms with van der Waals surface area (Å²) >= 11 is 0. The molecule has 1 aromatic carbocycles. The molecule has 1 unspecified atom stereocenters. The Hall–Kier alpha value is -3.16. The summed E-state index contributed by atoms with van der Waals surface area (Å²) in [6.07, 6.45) is 0. The van der Waals surface area contributed by atoms with E-state index in [9.17, 15) is 9.59 Å². The quantitative estimate of drug-likeness (QED) is 0.669. The Labute approximate surface area is 130 Å². The summed E-state index contributed by atoms with van der Waals surface area (Å²) in [6, 6.07) is 7.77. The molecule has 0 saturated carbocycles. The molecule has 0 saturated heterocycles. The Morgan fingerprint density at radius 1 is 1.30 bits per heavy atom. The number of carboxylic acids is 1. The minimum Gasteiger partial charge on any atom is -0.480 e. The summed E-state index contributed by atoms with van der Waals surface area (Å²) in [4.78, 5) is 31.4. The monoisotopic (exact) mass is 313 g/mol. The number of carboxylic acid groups (broad SMARTS) is 1. The third-order valence-electron chi connectivity index (χ3n) is 3.38. The van der Waals surface area contributed by atoms with Crippen LogP contribution in [-0.2, 0) is 4.79 Å². The number of benzene rings is 1. The second kappa shape index (κ2) is 5.56. The summed E-state index contributed by atoms with van der Waals surface area (Å²) < 4.78 is 1.28. The van der Waals surface area contributed by atoms with E-state index < -0.39 is 12.0 Å². The van der Waals surface area contributed by atoms with Gasteiger partial charge in [-0.2, -0.15) is 9.50 Å². The van der Waals surface area contributed by atoms with Crippen LogP contribution in [0.3, 0.4) is 0 Å². The molecule has 0 amide bonds. The molecule has 0 spiro atoms. The minimum absolute atomic E-state index is 0.243. The van der Waals surface area contributed by atoms with Crippen LogP contribution in [-0.4, -0.2) is 36.7 Å². The number of hydrogen-bond acceptors (Lipinski definition) is 5. The van der Waals surface area contributed by atoms with Crippen molar-refractivity contribution in [1.82, 2.24) is 19.6 Å². The molecular formula is C15H15N5O3. The third-order valence-corrected chi connectivity index (χ3v) is 3.38. The van der Waals surface area contributed by atoms with Gasteiger partial charge in [-0.15, -0.1) is 0 Å². The van der Waals surface area contributed by atoms with Gasteiger partial charge in [-0.1, -0.05) is 12.1 Å². The maximum absolute atomic E-state index is 12.0. The van der Waals surface area contributed by atoms with Gasteiger partial charge in [0, 0.05) is 17.3 Å². The largest absolute Gasteiger partial charge is 0.480 e. The lowest BCUT2D eigenvalue weighted by Crippen LogP contribution is -2.25. The van der Waals surface area contributed by atoms with Gasteiger partial charge in [-0.25, -0.2) is 4.98 Å². The van der Waals surface area contributed by atoms with Gasteiger partial charge in [-0.05, 0) is 26.0 Å². The molecule has 3 rings (SSSR count). The fourth-order valence-electron chi connectivity index (χ4n) is 2.18. The lowest BCUT2D eigenvalue weighted by molar-refractivity contribution is -0.137. The molecule has 2 heterocycles. The zero-order valence-electron chi connectivity index (χ0n) is 12.6. The number of aliphatic carboxylic acids is 1. The molecule has 3 N–H and O–H groups in total. The highest BCUT2D eigenvalue weighted by Crippen LogP contribution is 2.19. The summed E-state index contributed by atoms with van der Waals surface area (Å²) in [5.41, 5.74) is 1.70. The molecule has 3 aromatic rings. The molecule has 0 aliphatic rings. The molecule has 0 radical (unpaired) electrons. The van der Waals surface area contributed by atoms with Gasteiger partial charge in [0.2, 0.25) is 0 Å². The van der Waals surface area contributed by atoms with Gasteiger partial charge in [0.1, 0.15) is 11.9 Å². The lowest BCUT2D eigenvalue weighted by atomic mass is 10.1. The van der Waals surface area contributed by atoms with Crippen LogP contribution in [0.4, 0.5) is 5.69 Å². The van der Waals surface area contributed by atoms with E-state index in [1.807, 2.05) is 0 Å². The average molecular weight is 313 g/mol. The van der Waals surface area contributed by atoms with Crippen LogP contribution < -0.4 is 10.9 Å². The summed E-state index contributed by atoms with van der Waals surface area (Å²) in [5.74, 6) is -0.0104. The van der Waals surface area contributed by atoms with Crippen molar-refractivity contribution in [2.24, 2.45) is 0 Å². The van der Waals surface area contributed by atoms with Crippen molar-refractivity contribution in [2.75, 3.05) is 5.32 Å². The second-order valence-corrected chi connectivity index (χ2v) is 5.21. The Morgan fingerprint density at radius 2 is 2.00 bits per heavy atom. The number of hydrogen-bond donors (Lipinski definition) is 3. The first-order chi connectivity index (χ1) is 10.9. The molecule has 118 valence electrons. The Kier molecular flexibility index (Phi) is 3.57.